The van der Waals surface area contributed by atoms with Gasteiger partial charge in [-0.05, 0) is 0 Å². The summed E-state index contributed by atoms with van der Waals surface area (Å²) in [5.41, 5.74) is -22.7. The van der Waals surface area contributed by atoms with Crippen molar-refractivity contribution in [2.45, 2.75) is 57.0 Å². The zero-order chi connectivity index (χ0) is 40.0. The minimum absolute atomic E-state index is 0.286. The first-order valence-corrected chi connectivity index (χ1v) is 13.2. The van der Waals surface area contributed by atoms with Crippen molar-refractivity contribution in [2.75, 3.05) is 0 Å². The first kappa shape index (κ1) is 43.9. The summed E-state index contributed by atoms with van der Waals surface area (Å²) in [6.07, 6.45) is -36.7. The molecule has 0 radical (unpaired) electrons. The molecule has 3 N–H and O–H groups in total. The fourth-order valence-corrected chi connectivity index (χ4v) is 4.64. The monoisotopic (exact) mass is 764 g/mol. The van der Waals surface area contributed by atoms with E-state index in [1.807, 2.05) is 0 Å². The summed E-state index contributed by atoms with van der Waals surface area (Å²) in [5, 5.41) is 21.5. The van der Waals surface area contributed by atoms with Crippen molar-refractivity contribution in [1.29, 1.82) is 0 Å². The summed E-state index contributed by atoms with van der Waals surface area (Å²) < 4.78 is 256. The van der Waals surface area contributed by atoms with E-state index in [1.54, 1.807) is 0 Å². The number of hydrogen-bond donors (Lipinski definition) is 3. The van der Waals surface area contributed by atoms with Crippen LogP contribution in [-0.4, -0.2) is 46.2 Å². The van der Waals surface area contributed by atoms with Crippen LogP contribution in [0.1, 0.15) is 47.2 Å². The van der Waals surface area contributed by atoms with Crippen molar-refractivity contribution >= 4 is 29.3 Å². The third-order valence-corrected chi connectivity index (χ3v) is 6.37. The maximum atomic E-state index is 14.8. The zero-order valence-electron chi connectivity index (χ0n) is 25.2. The fourth-order valence-electron chi connectivity index (χ4n) is 4.64. The Morgan fingerprint density at radius 2 is 0.745 bits per heavy atom. The summed E-state index contributed by atoms with van der Waals surface area (Å²) >= 11 is 0.286. The average Bonchev–Trinajstić information content (AvgIpc) is 2.89. The number of ether oxygens (including phenoxy) is 1. The molecule has 0 saturated heterocycles. The van der Waals surface area contributed by atoms with Gasteiger partial charge < -0.3 is 15.1 Å². The molecule has 3 rings (SSSR count). The van der Waals surface area contributed by atoms with Gasteiger partial charge in [-0.25, -0.2) is 0 Å². The number of hydrogen-bond acceptors (Lipinski definition) is 4. The molecule has 3 aromatic rings. The first-order chi connectivity index (χ1) is 22.6. The van der Waals surface area contributed by atoms with E-state index in [0.29, 0.717) is 0 Å². The molecule has 0 aliphatic heterocycles. The van der Waals surface area contributed by atoms with Gasteiger partial charge in [0.2, 0.25) is 0 Å². The molecule has 3 aromatic carbocycles. The Kier molecular flexibility index (Phi) is 12.6. The van der Waals surface area contributed by atoms with Crippen LogP contribution in [0.4, 0.5) is 79.0 Å². The summed E-state index contributed by atoms with van der Waals surface area (Å²) in [6, 6.07) is -2.98. The maximum absolute atomic E-state index is 14.8. The number of halogens is 18. The van der Waals surface area contributed by atoms with Crippen molar-refractivity contribution in [1.82, 2.24) is 0 Å². The molecule has 0 amide bonds. The normalized spacial score (nSPS) is 13.3. The second-order valence-electron chi connectivity index (χ2n) is 10.6. The van der Waals surface area contributed by atoms with Crippen molar-refractivity contribution in [2.24, 2.45) is 0 Å². The molecule has 0 heterocycles. The Balaban J connectivity index is 0.00000213. The van der Waals surface area contributed by atoms with Crippen LogP contribution in [-0.2, 0) is 37.1 Å². The van der Waals surface area contributed by atoms with Crippen molar-refractivity contribution < 1.29 is 98.8 Å². The van der Waals surface area contributed by atoms with E-state index in [0.717, 1.165) is 13.8 Å². The third-order valence-electron chi connectivity index (χ3n) is 6.37. The summed E-state index contributed by atoms with van der Waals surface area (Å²) in [6.45, 7) is 1.93. The molecule has 4 nitrogen and oxygen atoms in total. The summed E-state index contributed by atoms with van der Waals surface area (Å²) in [7, 11) is -2.17. The predicted molar refractivity (Wildman–Crippen MR) is 141 cm³/mol. The van der Waals surface area contributed by atoms with Gasteiger partial charge in [0.1, 0.15) is 0 Å². The Hall–Kier alpha value is -3.26. The molecule has 0 aliphatic rings. The molecule has 0 saturated carbocycles. The van der Waals surface area contributed by atoms with Gasteiger partial charge in [0, 0.05) is 0 Å². The van der Waals surface area contributed by atoms with E-state index in [2.05, 4.69) is 0 Å². The van der Waals surface area contributed by atoms with Crippen LogP contribution in [0.5, 0.6) is 5.75 Å². The summed E-state index contributed by atoms with van der Waals surface area (Å²) in [4.78, 5) is 0. The molecular weight excluding hydrogens is 748 g/mol. The van der Waals surface area contributed by atoms with Gasteiger partial charge >= 0.3 is 268 Å². The van der Waals surface area contributed by atoms with Gasteiger partial charge in [-0.3, -0.25) is 0 Å². The van der Waals surface area contributed by atoms with Crippen LogP contribution in [0.2, 0.25) is 0 Å². The van der Waals surface area contributed by atoms with Gasteiger partial charge in [-0.15, -0.1) is 0 Å². The fraction of sp³-hybridized carbons (Fsp3) is 0.333. The van der Waals surface area contributed by atoms with Crippen LogP contribution in [0.25, 0.3) is 22.3 Å². The predicted octanol–water partition coefficient (Wildman–Crippen LogP) is 8.66. The summed E-state index contributed by atoms with van der Waals surface area (Å²) in [5.74, 6) is -1.80. The van der Waals surface area contributed by atoms with E-state index < -0.39 is 153 Å². The Morgan fingerprint density at radius 1 is 0.490 bits per heavy atom. The standard InChI is InChI=1S/C27H13F18O.BH3O3.Li/c1-10(2)46-18-9-17(26(40,41)42)19(11-3-13(22(28,29)30)7-14(4-11)23(31,32)33)20(21(18)27(43,44)45)12-5-15(24(34,35)36)8-16(6-12)25(37,38)39;2-1(3)4;/h3-8,10H,1-2H3;2-4H;. The van der Waals surface area contributed by atoms with E-state index in [-0.39, 0.29) is 17.7 Å². The zero-order valence-corrected chi connectivity index (χ0v) is 25.2. The number of benzene rings is 3. The molecule has 0 unspecified atom stereocenters. The minimum atomic E-state index is -6.05. The van der Waals surface area contributed by atoms with Gasteiger partial charge in [0.25, 0.3) is 0 Å². The van der Waals surface area contributed by atoms with Crippen LogP contribution >= 0.6 is 0 Å². The molecular formula is C27H16BF18LiO4. The van der Waals surface area contributed by atoms with Crippen molar-refractivity contribution in [3.8, 4) is 28.0 Å². The van der Waals surface area contributed by atoms with Crippen LogP contribution < -0.4 is 8.97 Å². The van der Waals surface area contributed by atoms with Gasteiger partial charge in [0.15, 0.2) is 0 Å². The second kappa shape index (κ2) is 14.6. The van der Waals surface area contributed by atoms with Gasteiger partial charge in [-0.2, -0.15) is 0 Å². The van der Waals surface area contributed by atoms with E-state index in [4.69, 9.17) is 19.8 Å². The van der Waals surface area contributed by atoms with Crippen LogP contribution in [0.3, 0.4) is 0 Å². The molecule has 0 spiro atoms. The molecule has 51 heavy (non-hydrogen) atoms. The molecule has 0 aromatic heterocycles. The SMILES string of the molecule is OB(O)O.[Li][c]1c(OC(C)C)c(C(F)(F)F)c(-c2cc(C(F)(F)F)cc(C(F)(F)F)c2)c(-c2cc(C(F)(F)F)cc(C(F)(F)F)c2)c1C(F)(F)F. The second-order valence-corrected chi connectivity index (χ2v) is 10.6. The molecule has 0 atom stereocenters. The Bertz CT molecular complexity index is 1650. The topological polar surface area (TPSA) is 69.9 Å². The first-order valence-electron chi connectivity index (χ1n) is 13.2. The number of alkyl halides is 18. The van der Waals surface area contributed by atoms with E-state index in [9.17, 15) is 79.0 Å². The van der Waals surface area contributed by atoms with E-state index in [1.165, 1.54) is 0 Å². The molecule has 0 bridgehead atoms. The van der Waals surface area contributed by atoms with Gasteiger partial charge in [-0.1, -0.05) is 0 Å². The van der Waals surface area contributed by atoms with Crippen molar-refractivity contribution in [3.05, 3.63) is 69.8 Å². The van der Waals surface area contributed by atoms with Crippen LogP contribution in [0, 0.1) is 0 Å². The molecule has 278 valence electrons. The average molecular weight is 764 g/mol. The quantitative estimate of drug-likeness (QED) is 0.184. The Labute approximate surface area is 283 Å². The van der Waals surface area contributed by atoms with Gasteiger partial charge in [0.05, 0.1) is 0 Å². The Morgan fingerprint density at radius 3 is 0.961 bits per heavy atom. The van der Waals surface area contributed by atoms with Crippen molar-refractivity contribution in [3.63, 3.8) is 0 Å². The molecule has 24 heteroatoms. The number of rotatable bonds is 4. The third kappa shape index (κ3) is 10.9. The molecule has 0 fully saturated rings. The van der Waals surface area contributed by atoms with Crippen LogP contribution in [0.15, 0.2) is 36.4 Å². The van der Waals surface area contributed by atoms with E-state index >= 15 is 0 Å². The molecule has 0 aliphatic carbocycles.